The van der Waals surface area contributed by atoms with Crippen LogP contribution in [0.2, 0.25) is 0 Å². The molecule has 1 aromatic rings. The molecular formula is C17H30IN5S. The number of thiazole rings is 1. The van der Waals surface area contributed by atoms with E-state index in [0.717, 1.165) is 37.4 Å². The molecule has 0 spiro atoms. The van der Waals surface area contributed by atoms with Gasteiger partial charge < -0.3 is 10.6 Å². The normalized spacial score (nSPS) is 19.8. The summed E-state index contributed by atoms with van der Waals surface area (Å²) in [4.78, 5) is 11.4. The SMILES string of the molecule is CN=C(NCC1CC1)NCC1CCN(Cc2csc(C)n2)CC1.I. The fourth-order valence-electron chi connectivity index (χ4n) is 3.08. The molecule has 2 aliphatic rings. The summed E-state index contributed by atoms with van der Waals surface area (Å²) in [6, 6.07) is 0. The quantitative estimate of drug-likeness (QED) is 0.387. The van der Waals surface area contributed by atoms with Crippen LogP contribution in [0.4, 0.5) is 0 Å². The molecule has 1 aliphatic carbocycles. The summed E-state index contributed by atoms with van der Waals surface area (Å²) >= 11 is 1.75. The number of aryl methyl sites for hydroxylation is 1. The van der Waals surface area contributed by atoms with Crippen molar-refractivity contribution < 1.29 is 0 Å². The first-order chi connectivity index (χ1) is 11.2. The van der Waals surface area contributed by atoms with Crippen molar-refractivity contribution in [3.05, 3.63) is 16.1 Å². The molecule has 1 aromatic heterocycles. The average molecular weight is 463 g/mol. The molecule has 24 heavy (non-hydrogen) atoms. The third kappa shape index (κ3) is 6.48. The van der Waals surface area contributed by atoms with Gasteiger partial charge in [0.2, 0.25) is 0 Å². The number of hydrogen-bond donors (Lipinski definition) is 2. The molecule has 1 aliphatic heterocycles. The van der Waals surface area contributed by atoms with Gasteiger partial charge in [-0.3, -0.25) is 9.89 Å². The van der Waals surface area contributed by atoms with Gasteiger partial charge in [0, 0.05) is 32.1 Å². The summed E-state index contributed by atoms with van der Waals surface area (Å²) in [7, 11) is 1.86. The van der Waals surface area contributed by atoms with E-state index in [2.05, 4.69) is 37.8 Å². The number of nitrogens with zero attached hydrogens (tertiary/aromatic N) is 3. The number of guanidine groups is 1. The first-order valence-electron chi connectivity index (χ1n) is 8.81. The van der Waals surface area contributed by atoms with Crippen LogP contribution in [-0.4, -0.2) is 49.1 Å². The Morgan fingerprint density at radius 1 is 1.21 bits per heavy atom. The number of hydrogen-bond acceptors (Lipinski definition) is 4. The number of rotatable bonds is 6. The Morgan fingerprint density at radius 3 is 2.33 bits per heavy atom. The van der Waals surface area contributed by atoms with E-state index in [0.29, 0.717) is 0 Å². The lowest BCUT2D eigenvalue weighted by Crippen LogP contribution is -2.43. The van der Waals surface area contributed by atoms with Crippen LogP contribution in [0.1, 0.15) is 36.4 Å². The molecular weight excluding hydrogens is 433 g/mol. The number of halogens is 1. The molecule has 0 aromatic carbocycles. The molecule has 1 saturated heterocycles. The lowest BCUT2D eigenvalue weighted by atomic mass is 9.97. The molecule has 7 heteroatoms. The predicted molar refractivity (Wildman–Crippen MR) is 112 cm³/mol. The number of likely N-dealkylation sites (tertiary alicyclic amines) is 1. The van der Waals surface area contributed by atoms with Gasteiger partial charge in [0.25, 0.3) is 0 Å². The molecule has 0 bridgehead atoms. The third-order valence-electron chi connectivity index (χ3n) is 4.80. The van der Waals surface area contributed by atoms with Gasteiger partial charge in [0.1, 0.15) is 0 Å². The average Bonchev–Trinajstić information content (AvgIpc) is 3.30. The van der Waals surface area contributed by atoms with Crippen molar-refractivity contribution in [1.82, 2.24) is 20.5 Å². The lowest BCUT2D eigenvalue weighted by molar-refractivity contribution is 0.176. The Balaban J connectivity index is 0.00000208. The van der Waals surface area contributed by atoms with E-state index < -0.39 is 0 Å². The van der Waals surface area contributed by atoms with Crippen molar-refractivity contribution in [2.45, 2.75) is 39.2 Å². The van der Waals surface area contributed by atoms with Crippen LogP contribution in [0.5, 0.6) is 0 Å². The van der Waals surface area contributed by atoms with Gasteiger partial charge >= 0.3 is 0 Å². The van der Waals surface area contributed by atoms with Gasteiger partial charge in [-0.25, -0.2) is 4.98 Å². The monoisotopic (exact) mass is 463 g/mol. The van der Waals surface area contributed by atoms with E-state index in [-0.39, 0.29) is 24.0 Å². The minimum absolute atomic E-state index is 0. The van der Waals surface area contributed by atoms with Crippen LogP contribution in [0.15, 0.2) is 10.4 Å². The van der Waals surface area contributed by atoms with Gasteiger partial charge in [0.05, 0.1) is 10.7 Å². The topological polar surface area (TPSA) is 52.6 Å². The second-order valence-corrected chi connectivity index (χ2v) is 7.92. The highest BCUT2D eigenvalue weighted by Gasteiger charge is 2.22. The van der Waals surface area contributed by atoms with Gasteiger partial charge in [-0.2, -0.15) is 0 Å². The second kappa shape index (κ2) is 9.91. The van der Waals surface area contributed by atoms with Crippen molar-refractivity contribution in [3.8, 4) is 0 Å². The number of piperidine rings is 1. The Hall–Kier alpha value is -0.410. The van der Waals surface area contributed by atoms with Crippen molar-refractivity contribution in [3.63, 3.8) is 0 Å². The zero-order valence-electron chi connectivity index (χ0n) is 14.8. The van der Waals surface area contributed by atoms with E-state index in [1.165, 1.54) is 49.5 Å². The second-order valence-electron chi connectivity index (χ2n) is 6.85. The minimum atomic E-state index is 0. The minimum Gasteiger partial charge on any atom is -0.356 e. The molecule has 136 valence electrons. The third-order valence-corrected chi connectivity index (χ3v) is 5.62. The molecule has 5 nitrogen and oxygen atoms in total. The summed E-state index contributed by atoms with van der Waals surface area (Å²) in [5, 5.41) is 10.3. The summed E-state index contributed by atoms with van der Waals surface area (Å²) in [5.74, 6) is 2.60. The van der Waals surface area contributed by atoms with E-state index >= 15 is 0 Å². The summed E-state index contributed by atoms with van der Waals surface area (Å²) in [5.41, 5.74) is 1.23. The van der Waals surface area contributed by atoms with E-state index in [1.54, 1.807) is 11.3 Å². The Kier molecular flexibility index (Phi) is 8.22. The van der Waals surface area contributed by atoms with Gasteiger partial charge in [0.15, 0.2) is 5.96 Å². The number of aromatic nitrogens is 1. The first kappa shape index (κ1) is 19.9. The fraction of sp³-hybridized carbons (Fsp3) is 0.765. The van der Waals surface area contributed by atoms with Crippen LogP contribution in [0, 0.1) is 18.8 Å². The molecule has 2 heterocycles. The van der Waals surface area contributed by atoms with Crippen LogP contribution in [0.25, 0.3) is 0 Å². The summed E-state index contributed by atoms with van der Waals surface area (Å²) in [6.07, 6.45) is 5.27. The van der Waals surface area contributed by atoms with E-state index in [9.17, 15) is 0 Å². The molecule has 3 rings (SSSR count). The van der Waals surface area contributed by atoms with Gasteiger partial charge in [-0.05, 0) is 57.5 Å². The summed E-state index contributed by atoms with van der Waals surface area (Å²) in [6.45, 7) is 7.55. The maximum atomic E-state index is 4.57. The smallest absolute Gasteiger partial charge is 0.190 e. The highest BCUT2D eigenvalue weighted by Crippen LogP contribution is 2.27. The van der Waals surface area contributed by atoms with Crippen molar-refractivity contribution >= 4 is 41.3 Å². The molecule has 2 fully saturated rings. The lowest BCUT2D eigenvalue weighted by Gasteiger charge is -2.31. The van der Waals surface area contributed by atoms with Crippen LogP contribution in [0.3, 0.4) is 0 Å². The van der Waals surface area contributed by atoms with Crippen molar-refractivity contribution in [1.29, 1.82) is 0 Å². The van der Waals surface area contributed by atoms with Crippen molar-refractivity contribution in [2.75, 3.05) is 33.2 Å². The fourth-order valence-corrected chi connectivity index (χ4v) is 3.69. The summed E-state index contributed by atoms with van der Waals surface area (Å²) < 4.78 is 0. The Bertz CT molecular complexity index is 521. The largest absolute Gasteiger partial charge is 0.356 e. The van der Waals surface area contributed by atoms with Crippen molar-refractivity contribution in [2.24, 2.45) is 16.8 Å². The molecule has 0 radical (unpaired) electrons. The zero-order chi connectivity index (χ0) is 16.1. The first-order valence-corrected chi connectivity index (χ1v) is 9.69. The molecule has 1 saturated carbocycles. The zero-order valence-corrected chi connectivity index (χ0v) is 17.9. The van der Waals surface area contributed by atoms with Crippen LogP contribution >= 0.6 is 35.3 Å². The standard InChI is InChI=1S/C17H29N5S.HI/c1-13-21-16(12-23-13)11-22-7-5-15(6-8-22)10-20-17(18-2)19-9-14-3-4-14;/h12,14-15H,3-11H2,1-2H3,(H2,18,19,20);1H. The van der Waals surface area contributed by atoms with E-state index in [4.69, 9.17) is 0 Å². The molecule has 2 N–H and O–H groups in total. The molecule has 0 atom stereocenters. The van der Waals surface area contributed by atoms with E-state index in [1.807, 2.05) is 7.05 Å². The highest BCUT2D eigenvalue weighted by atomic mass is 127. The van der Waals surface area contributed by atoms with Crippen LogP contribution in [-0.2, 0) is 6.54 Å². The van der Waals surface area contributed by atoms with Gasteiger partial charge in [-0.15, -0.1) is 35.3 Å². The molecule has 0 amide bonds. The van der Waals surface area contributed by atoms with Gasteiger partial charge in [-0.1, -0.05) is 0 Å². The maximum absolute atomic E-state index is 4.57. The Morgan fingerprint density at radius 2 is 1.83 bits per heavy atom. The van der Waals surface area contributed by atoms with Crippen LogP contribution < -0.4 is 10.6 Å². The Labute approximate surface area is 166 Å². The number of nitrogens with one attached hydrogen (secondary N) is 2. The number of aliphatic imine (C=N–C) groups is 1. The maximum Gasteiger partial charge on any atom is 0.190 e. The molecule has 0 unspecified atom stereocenters. The highest BCUT2D eigenvalue weighted by molar-refractivity contribution is 14.0. The predicted octanol–water partition coefficient (Wildman–Crippen LogP) is 2.86.